The first-order valence-corrected chi connectivity index (χ1v) is 6.90. The summed E-state index contributed by atoms with van der Waals surface area (Å²) in [4.78, 5) is 16.8. The molecule has 1 heterocycles. The molecule has 0 atom stereocenters. The number of nitrogens with one attached hydrogen (secondary N) is 2. The standard InChI is InChI=1S/C16H21N3O/c1-19(13-14-7-3-2-4-8-14)12-6-11-18-16(20)15-9-5-10-17-15/h2-5,7-10,17H,6,11-13H2,1H3,(H,18,20). The van der Waals surface area contributed by atoms with Crippen LogP contribution in [0.2, 0.25) is 0 Å². The highest BCUT2D eigenvalue weighted by Gasteiger charge is 2.05. The van der Waals surface area contributed by atoms with Gasteiger partial charge in [0.25, 0.3) is 5.91 Å². The molecule has 2 N–H and O–H groups in total. The monoisotopic (exact) mass is 271 g/mol. The van der Waals surface area contributed by atoms with Crippen LogP contribution in [0.4, 0.5) is 0 Å². The summed E-state index contributed by atoms with van der Waals surface area (Å²) in [6, 6.07) is 14.0. The number of H-pyrrole nitrogens is 1. The highest BCUT2D eigenvalue weighted by molar-refractivity contribution is 5.92. The molecule has 2 aromatic rings. The SMILES string of the molecule is CN(CCCNC(=O)c1ccc[nH]1)Cc1ccccc1. The van der Waals surface area contributed by atoms with Gasteiger partial charge in [-0.1, -0.05) is 30.3 Å². The largest absolute Gasteiger partial charge is 0.357 e. The van der Waals surface area contributed by atoms with Gasteiger partial charge in [0.15, 0.2) is 0 Å². The minimum atomic E-state index is -0.0410. The van der Waals surface area contributed by atoms with Crippen molar-refractivity contribution < 1.29 is 4.79 Å². The fraction of sp³-hybridized carbons (Fsp3) is 0.312. The number of hydrogen-bond donors (Lipinski definition) is 2. The molecular formula is C16H21N3O. The first-order chi connectivity index (χ1) is 9.75. The summed E-state index contributed by atoms with van der Waals surface area (Å²) >= 11 is 0. The van der Waals surface area contributed by atoms with Crippen molar-refractivity contribution in [1.82, 2.24) is 15.2 Å². The predicted molar refractivity (Wildman–Crippen MR) is 80.5 cm³/mol. The molecule has 4 heteroatoms. The van der Waals surface area contributed by atoms with E-state index < -0.39 is 0 Å². The van der Waals surface area contributed by atoms with Crippen LogP contribution >= 0.6 is 0 Å². The quantitative estimate of drug-likeness (QED) is 0.759. The molecule has 0 saturated carbocycles. The number of carbonyl (C=O) groups is 1. The van der Waals surface area contributed by atoms with Crippen molar-refractivity contribution in [2.24, 2.45) is 0 Å². The molecule has 0 saturated heterocycles. The molecule has 20 heavy (non-hydrogen) atoms. The topological polar surface area (TPSA) is 48.1 Å². The van der Waals surface area contributed by atoms with Gasteiger partial charge in [-0.25, -0.2) is 0 Å². The van der Waals surface area contributed by atoms with Crippen molar-refractivity contribution in [1.29, 1.82) is 0 Å². The van der Waals surface area contributed by atoms with E-state index in [2.05, 4.69) is 46.5 Å². The Morgan fingerprint density at radius 1 is 1.20 bits per heavy atom. The Morgan fingerprint density at radius 2 is 2.00 bits per heavy atom. The van der Waals surface area contributed by atoms with E-state index in [0.29, 0.717) is 12.2 Å². The Kier molecular flexibility index (Phi) is 5.38. The third kappa shape index (κ3) is 4.55. The molecule has 0 fully saturated rings. The van der Waals surface area contributed by atoms with Gasteiger partial charge in [-0.15, -0.1) is 0 Å². The maximum atomic E-state index is 11.7. The molecule has 0 spiro atoms. The lowest BCUT2D eigenvalue weighted by atomic mass is 10.2. The summed E-state index contributed by atoms with van der Waals surface area (Å²) in [7, 11) is 2.10. The van der Waals surface area contributed by atoms with Crippen LogP contribution in [-0.2, 0) is 6.54 Å². The summed E-state index contributed by atoms with van der Waals surface area (Å²) in [5, 5.41) is 2.91. The van der Waals surface area contributed by atoms with E-state index in [4.69, 9.17) is 0 Å². The highest BCUT2D eigenvalue weighted by Crippen LogP contribution is 2.02. The maximum Gasteiger partial charge on any atom is 0.267 e. The lowest BCUT2D eigenvalue weighted by Crippen LogP contribution is -2.28. The number of benzene rings is 1. The van der Waals surface area contributed by atoms with Crippen molar-refractivity contribution >= 4 is 5.91 Å². The molecule has 0 bridgehead atoms. The molecule has 4 nitrogen and oxygen atoms in total. The molecule has 1 amide bonds. The number of nitrogens with zero attached hydrogens (tertiary/aromatic N) is 1. The normalized spacial score (nSPS) is 10.7. The van der Waals surface area contributed by atoms with Crippen molar-refractivity contribution in [2.45, 2.75) is 13.0 Å². The van der Waals surface area contributed by atoms with E-state index in [-0.39, 0.29) is 5.91 Å². The number of hydrogen-bond acceptors (Lipinski definition) is 2. The molecule has 0 radical (unpaired) electrons. The third-order valence-corrected chi connectivity index (χ3v) is 3.14. The Hall–Kier alpha value is -2.07. The zero-order valence-electron chi connectivity index (χ0n) is 11.8. The van der Waals surface area contributed by atoms with E-state index >= 15 is 0 Å². The van der Waals surface area contributed by atoms with Gasteiger partial charge in [0.2, 0.25) is 0 Å². The average molecular weight is 271 g/mol. The summed E-state index contributed by atoms with van der Waals surface area (Å²) in [5.74, 6) is -0.0410. The number of aromatic nitrogens is 1. The lowest BCUT2D eigenvalue weighted by Gasteiger charge is -2.16. The fourth-order valence-electron chi connectivity index (χ4n) is 2.09. The Balaban J connectivity index is 1.62. The van der Waals surface area contributed by atoms with Crippen LogP contribution in [0.1, 0.15) is 22.5 Å². The molecule has 106 valence electrons. The fourth-order valence-corrected chi connectivity index (χ4v) is 2.09. The number of amides is 1. The lowest BCUT2D eigenvalue weighted by molar-refractivity contribution is 0.0947. The van der Waals surface area contributed by atoms with Crippen LogP contribution in [-0.4, -0.2) is 35.9 Å². The highest BCUT2D eigenvalue weighted by atomic mass is 16.1. The zero-order valence-corrected chi connectivity index (χ0v) is 11.8. The van der Waals surface area contributed by atoms with Crippen LogP contribution in [0.5, 0.6) is 0 Å². The third-order valence-electron chi connectivity index (χ3n) is 3.14. The molecule has 1 aromatic carbocycles. The van der Waals surface area contributed by atoms with Gasteiger partial charge in [-0.2, -0.15) is 0 Å². The first kappa shape index (κ1) is 14.3. The van der Waals surface area contributed by atoms with E-state index in [1.807, 2.05) is 12.1 Å². The molecule has 0 aliphatic carbocycles. The van der Waals surface area contributed by atoms with Gasteiger partial charge in [-0.3, -0.25) is 4.79 Å². The van der Waals surface area contributed by atoms with E-state index in [1.54, 1.807) is 12.3 Å². The number of aromatic amines is 1. The molecule has 0 aliphatic rings. The van der Waals surface area contributed by atoms with E-state index in [0.717, 1.165) is 19.5 Å². The Labute approximate surface area is 119 Å². The van der Waals surface area contributed by atoms with Gasteiger partial charge in [-0.05, 0) is 37.7 Å². The minimum Gasteiger partial charge on any atom is -0.357 e. The smallest absolute Gasteiger partial charge is 0.267 e. The predicted octanol–water partition coefficient (Wildman–Crippen LogP) is 2.27. The molecular weight excluding hydrogens is 250 g/mol. The van der Waals surface area contributed by atoms with Gasteiger partial charge in [0, 0.05) is 19.3 Å². The molecule has 1 aromatic heterocycles. The summed E-state index contributed by atoms with van der Waals surface area (Å²) in [6.07, 6.45) is 2.69. The summed E-state index contributed by atoms with van der Waals surface area (Å²) in [6.45, 7) is 2.59. The van der Waals surface area contributed by atoms with Crippen LogP contribution in [0.25, 0.3) is 0 Å². The van der Waals surface area contributed by atoms with Gasteiger partial charge >= 0.3 is 0 Å². The summed E-state index contributed by atoms with van der Waals surface area (Å²) < 4.78 is 0. The van der Waals surface area contributed by atoms with Crippen LogP contribution in [0.15, 0.2) is 48.7 Å². The van der Waals surface area contributed by atoms with Crippen LogP contribution in [0, 0.1) is 0 Å². The Morgan fingerprint density at radius 3 is 2.70 bits per heavy atom. The van der Waals surface area contributed by atoms with Crippen molar-refractivity contribution in [2.75, 3.05) is 20.1 Å². The molecule has 0 unspecified atom stereocenters. The van der Waals surface area contributed by atoms with E-state index in [1.165, 1.54) is 5.56 Å². The first-order valence-electron chi connectivity index (χ1n) is 6.90. The molecule has 2 rings (SSSR count). The minimum absolute atomic E-state index is 0.0410. The second kappa shape index (κ2) is 7.50. The van der Waals surface area contributed by atoms with Crippen molar-refractivity contribution in [3.8, 4) is 0 Å². The van der Waals surface area contributed by atoms with Crippen LogP contribution in [0.3, 0.4) is 0 Å². The zero-order chi connectivity index (χ0) is 14.2. The van der Waals surface area contributed by atoms with Crippen LogP contribution < -0.4 is 5.32 Å². The number of carbonyl (C=O) groups excluding carboxylic acids is 1. The van der Waals surface area contributed by atoms with Crippen molar-refractivity contribution in [3.05, 3.63) is 59.9 Å². The van der Waals surface area contributed by atoms with Gasteiger partial charge < -0.3 is 15.2 Å². The summed E-state index contributed by atoms with van der Waals surface area (Å²) in [5.41, 5.74) is 1.92. The second-order valence-electron chi connectivity index (χ2n) is 4.92. The maximum absolute atomic E-state index is 11.7. The number of rotatable bonds is 7. The Bertz CT molecular complexity index is 508. The average Bonchev–Trinajstić information content (AvgIpc) is 2.99. The molecule has 0 aliphatic heterocycles. The van der Waals surface area contributed by atoms with Crippen molar-refractivity contribution in [3.63, 3.8) is 0 Å². The van der Waals surface area contributed by atoms with Gasteiger partial charge in [0.1, 0.15) is 5.69 Å². The second-order valence-corrected chi connectivity index (χ2v) is 4.92. The van der Waals surface area contributed by atoms with E-state index in [9.17, 15) is 4.79 Å². The van der Waals surface area contributed by atoms with Gasteiger partial charge in [0.05, 0.1) is 0 Å².